The summed E-state index contributed by atoms with van der Waals surface area (Å²) in [5, 5.41) is 26.7. The number of hydrogen-bond donors (Lipinski definition) is 3. The van der Waals surface area contributed by atoms with E-state index in [-0.39, 0.29) is 17.1 Å². The first kappa shape index (κ1) is 8.83. The van der Waals surface area contributed by atoms with Crippen LogP contribution < -0.4 is 10.2 Å². The molecule has 0 spiro atoms. The summed E-state index contributed by atoms with van der Waals surface area (Å²) < 4.78 is 4.65. The van der Waals surface area contributed by atoms with Crippen LogP contribution in [0.2, 0.25) is 0 Å². The lowest BCUT2D eigenvalue weighted by atomic mass is 9.80. The van der Waals surface area contributed by atoms with Gasteiger partial charge in [-0.15, -0.1) is 0 Å². The lowest BCUT2D eigenvalue weighted by molar-refractivity contribution is 0.357. The van der Waals surface area contributed by atoms with E-state index in [1.807, 2.05) is 0 Å². The molecule has 1 aromatic rings. The maximum Gasteiger partial charge on any atom is 0.492 e. The minimum absolute atomic E-state index is 0.0261. The minimum Gasteiger partial charge on any atom is -0.503 e. The zero-order valence-electron chi connectivity index (χ0n) is 6.43. The van der Waals surface area contributed by atoms with E-state index in [9.17, 15) is 5.11 Å². The molecular weight excluding hydrogens is 161 g/mol. The SMILES string of the molecule is COc1nccc(B(O)O)c1O. The summed E-state index contributed by atoms with van der Waals surface area (Å²) in [6.45, 7) is 0. The Balaban J connectivity index is 3.14. The lowest BCUT2D eigenvalue weighted by Gasteiger charge is -2.05. The van der Waals surface area contributed by atoms with Crippen molar-refractivity contribution in [1.29, 1.82) is 0 Å². The highest BCUT2D eigenvalue weighted by atomic mass is 16.5. The van der Waals surface area contributed by atoms with Crippen molar-refractivity contribution in [2.24, 2.45) is 0 Å². The van der Waals surface area contributed by atoms with Crippen LogP contribution in [0.15, 0.2) is 12.3 Å². The highest BCUT2D eigenvalue weighted by molar-refractivity contribution is 6.59. The average molecular weight is 169 g/mol. The quantitative estimate of drug-likeness (QED) is 0.468. The fourth-order valence-corrected chi connectivity index (χ4v) is 0.807. The molecule has 64 valence electrons. The standard InChI is InChI=1S/C6H8BNO4/c1-12-6-5(9)4(7(10)11)2-3-8-6/h2-3,9-11H,1H3. The predicted molar refractivity (Wildman–Crippen MR) is 42.3 cm³/mol. The topological polar surface area (TPSA) is 82.8 Å². The van der Waals surface area contributed by atoms with Gasteiger partial charge >= 0.3 is 7.12 Å². The van der Waals surface area contributed by atoms with Gasteiger partial charge in [0, 0.05) is 11.7 Å². The molecule has 0 bridgehead atoms. The van der Waals surface area contributed by atoms with Crippen LogP contribution in [0.4, 0.5) is 0 Å². The third kappa shape index (κ3) is 1.49. The summed E-state index contributed by atoms with van der Waals surface area (Å²) in [7, 11) is -0.392. The molecule has 5 nitrogen and oxygen atoms in total. The molecule has 3 N–H and O–H groups in total. The summed E-state index contributed by atoms with van der Waals surface area (Å²) >= 11 is 0. The molecule has 0 unspecified atom stereocenters. The van der Waals surface area contributed by atoms with Crippen LogP contribution in [-0.4, -0.2) is 34.4 Å². The molecule has 1 aromatic heterocycles. The summed E-state index contributed by atoms with van der Waals surface area (Å²) in [6.07, 6.45) is 1.31. The van der Waals surface area contributed by atoms with E-state index < -0.39 is 7.12 Å². The first-order valence-corrected chi connectivity index (χ1v) is 3.24. The zero-order chi connectivity index (χ0) is 9.14. The van der Waals surface area contributed by atoms with Crippen LogP contribution in [0, 0.1) is 0 Å². The molecule has 0 aliphatic heterocycles. The van der Waals surface area contributed by atoms with E-state index in [4.69, 9.17) is 10.0 Å². The van der Waals surface area contributed by atoms with Crippen LogP contribution in [0.3, 0.4) is 0 Å². The van der Waals surface area contributed by atoms with Gasteiger partial charge < -0.3 is 19.9 Å². The molecule has 6 heteroatoms. The molecule has 1 rings (SSSR count). The fraction of sp³-hybridized carbons (Fsp3) is 0.167. The molecule has 0 atom stereocenters. The minimum atomic E-state index is -1.72. The Morgan fingerprint density at radius 3 is 2.67 bits per heavy atom. The third-order valence-corrected chi connectivity index (χ3v) is 1.39. The molecule has 0 saturated heterocycles. The number of aromatic nitrogens is 1. The van der Waals surface area contributed by atoms with E-state index in [0.29, 0.717) is 0 Å². The second-order valence-electron chi connectivity index (χ2n) is 2.13. The number of ether oxygens (including phenoxy) is 1. The van der Waals surface area contributed by atoms with Gasteiger partial charge in [-0.1, -0.05) is 0 Å². The van der Waals surface area contributed by atoms with Gasteiger partial charge in [0.1, 0.15) is 0 Å². The largest absolute Gasteiger partial charge is 0.503 e. The predicted octanol–water partition coefficient (Wildman–Crippen LogP) is -1.52. The van der Waals surface area contributed by atoms with E-state index in [1.54, 1.807) is 0 Å². The van der Waals surface area contributed by atoms with Crippen LogP contribution in [-0.2, 0) is 0 Å². The van der Waals surface area contributed by atoms with Crippen molar-refractivity contribution < 1.29 is 19.9 Å². The number of nitrogens with zero attached hydrogens (tertiary/aromatic N) is 1. The molecule has 0 aromatic carbocycles. The van der Waals surface area contributed by atoms with Crippen molar-refractivity contribution in [3.8, 4) is 11.6 Å². The van der Waals surface area contributed by atoms with Gasteiger partial charge in [0.2, 0.25) is 0 Å². The number of methoxy groups -OCH3 is 1. The van der Waals surface area contributed by atoms with E-state index in [1.165, 1.54) is 19.4 Å². The molecule has 0 radical (unpaired) electrons. The number of rotatable bonds is 2. The van der Waals surface area contributed by atoms with Crippen molar-refractivity contribution >= 4 is 12.6 Å². The molecule has 0 aliphatic rings. The Hall–Kier alpha value is -1.27. The van der Waals surface area contributed by atoms with Crippen LogP contribution in [0.5, 0.6) is 11.6 Å². The summed E-state index contributed by atoms with van der Waals surface area (Å²) in [5.41, 5.74) is -0.0261. The highest BCUT2D eigenvalue weighted by Crippen LogP contribution is 2.18. The Morgan fingerprint density at radius 1 is 1.50 bits per heavy atom. The summed E-state index contributed by atoms with van der Waals surface area (Å²) in [5.74, 6) is -0.379. The first-order chi connectivity index (χ1) is 5.66. The molecule has 0 amide bonds. The van der Waals surface area contributed by atoms with Gasteiger partial charge in [-0.3, -0.25) is 0 Å². The van der Waals surface area contributed by atoms with E-state index >= 15 is 0 Å². The Labute approximate surface area is 69.4 Å². The molecule has 0 saturated carbocycles. The van der Waals surface area contributed by atoms with Gasteiger partial charge in [0.25, 0.3) is 5.88 Å². The second kappa shape index (κ2) is 3.42. The second-order valence-corrected chi connectivity index (χ2v) is 2.13. The Kier molecular flexibility index (Phi) is 2.52. The van der Waals surface area contributed by atoms with Crippen molar-refractivity contribution in [2.75, 3.05) is 7.11 Å². The van der Waals surface area contributed by atoms with Gasteiger partial charge in [0.05, 0.1) is 7.11 Å². The fourth-order valence-electron chi connectivity index (χ4n) is 0.807. The molecule has 0 aliphatic carbocycles. The highest BCUT2D eigenvalue weighted by Gasteiger charge is 2.19. The monoisotopic (exact) mass is 169 g/mol. The smallest absolute Gasteiger partial charge is 0.492 e. The van der Waals surface area contributed by atoms with E-state index in [0.717, 1.165) is 0 Å². The van der Waals surface area contributed by atoms with Gasteiger partial charge in [-0.2, -0.15) is 0 Å². The number of aromatic hydroxyl groups is 1. The van der Waals surface area contributed by atoms with E-state index in [2.05, 4.69) is 9.72 Å². The van der Waals surface area contributed by atoms with Crippen molar-refractivity contribution in [3.05, 3.63) is 12.3 Å². The average Bonchev–Trinajstić information content (AvgIpc) is 2.04. The lowest BCUT2D eigenvalue weighted by Crippen LogP contribution is -2.30. The zero-order valence-corrected chi connectivity index (χ0v) is 6.43. The molecule has 12 heavy (non-hydrogen) atoms. The molecule has 0 fully saturated rings. The van der Waals surface area contributed by atoms with Crippen molar-refractivity contribution in [2.45, 2.75) is 0 Å². The van der Waals surface area contributed by atoms with Gasteiger partial charge in [-0.05, 0) is 6.07 Å². The third-order valence-electron chi connectivity index (χ3n) is 1.39. The first-order valence-electron chi connectivity index (χ1n) is 3.24. The van der Waals surface area contributed by atoms with Gasteiger partial charge in [-0.25, -0.2) is 4.98 Å². The van der Waals surface area contributed by atoms with Gasteiger partial charge in [0.15, 0.2) is 5.75 Å². The number of pyridine rings is 1. The van der Waals surface area contributed by atoms with Crippen LogP contribution >= 0.6 is 0 Å². The van der Waals surface area contributed by atoms with Crippen LogP contribution in [0.25, 0.3) is 0 Å². The normalized spacial score (nSPS) is 9.58. The number of hydrogen-bond acceptors (Lipinski definition) is 5. The van der Waals surface area contributed by atoms with Crippen molar-refractivity contribution in [3.63, 3.8) is 0 Å². The van der Waals surface area contributed by atoms with Crippen LogP contribution in [0.1, 0.15) is 0 Å². The Bertz CT molecular complexity index is 278. The maximum atomic E-state index is 9.25. The Morgan fingerprint density at radius 2 is 2.17 bits per heavy atom. The molecule has 1 heterocycles. The molecular formula is C6H8BNO4. The summed E-state index contributed by atoms with van der Waals surface area (Å²) in [4.78, 5) is 3.65. The summed E-state index contributed by atoms with van der Waals surface area (Å²) in [6, 6.07) is 1.29. The maximum absolute atomic E-state index is 9.25. The van der Waals surface area contributed by atoms with Crippen molar-refractivity contribution in [1.82, 2.24) is 4.98 Å².